The molecule has 0 saturated carbocycles. The second kappa shape index (κ2) is 16.6. The summed E-state index contributed by atoms with van der Waals surface area (Å²) in [4.78, 5) is 2.20. The van der Waals surface area contributed by atoms with Crippen molar-refractivity contribution in [3.05, 3.63) is 253 Å². The molecule has 0 fully saturated rings. The number of hydrogen-bond donors (Lipinski definition) is 0. The predicted octanol–water partition coefficient (Wildman–Crippen LogP) is 19.4. The van der Waals surface area contributed by atoms with E-state index >= 15 is 0 Å². The Hall–Kier alpha value is -9.38. The van der Waals surface area contributed by atoms with Crippen molar-refractivity contribution >= 4 is 110 Å². The Balaban J connectivity index is 1.10. The quantitative estimate of drug-likeness (QED) is 0.136. The molecule has 0 spiro atoms. The van der Waals surface area contributed by atoms with Gasteiger partial charge in [-0.15, -0.1) is 0 Å². The van der Waals surface area contributed by atoms with Gasteiger partial charge in [-0.25, -0.2) is 0 Å². The third-order valence-corrected chi connectivity index (χ3v) is 14.1. The van der Waals surface area contributed by atoms with Gasteiger partial charge in [-0.2, -0.15) is 0 Å². The first-order valence-corrected chi connectivity index (χ1v) is 23.8. The number of rotatable bonds is 10. The highest BCUT2D eigenvalue weighted by Crippen LogP contribution is 2.53. The van der Waals surface area contributed by atoms with Gasteiger partial charge in [-0.3, -0.25) is 0 Å². The number of hydrogen-bond acceptors (Lipinski definition) is 2. The molecule has 74 heavy (non-hydrogen) atoms. The van der Waals surface area contributed by atoms with Gasteiger partial charge in [0.05, 0.1) is 94.2 Å². The van der Waals surface area contributed by atoms with Crippen molar-refractivity contribution in [2.75, 3.05) is 9.80 Å². The summed E-state index contributed by atoms with van der Waals surface area (Å²) >= 11 is 0. The zero-order chi connectivity index (χ0) is 73.4. The second-order valence-corrected chi connectivity index (χ2v) is 17.7. The fraction of sp³-hybridized carbons (Fsp3) is 0.0571. The fourth-order valence-corrected chi connectivity index (χ4v) is 11.0. The van der Waals surface area contributed by atoms with E-state index in [1.54, 1.807) is 24.3 Å². The summed E-state index contributed by atoms with van der Waals surface area (Å²) in [6, 6.07) is -1.64. The molecule has 15 aromatic rings. The van der Waals surface area contributed by atoms with E-state index in [0.717, 1.165) is 20.9 Å². The Labute approximate surface area is 468 Å². The van der Waals surface area contributed by atoms with Crippen molar-refractivity contribution in [2.24, 2.45) is 0 Å². The van der Waals surface area contributed by atoms with Gasteiger partial charge in [0.1, 0.15) is 0 Å². The molecule has 0 radical (unpaired) electrons. The van der Waals surface area contributed by atoms with E-state index in [1.165, 1.54) is 0 Å². The molecule has 4 heteroatoms. The number of anilines is 6. The zero-order valence-corrected chi connectivity index (χ0v) is 39.1. The van der Waals surface area contributed by atoms with E-state index in [9.17, 15) is 19.2 Å². The van der Waals surface area contributed by atoms with Crippen molar-refractivity contribution in [2.45, 2.75) is 26.7 Å². The van der Waals surface area contributed by atoms with Crippen LogP contribution < -0.4 is 9.80 Å². The highest BCUT2D eigenvalue weighted by molar-refractivity contribution is 6.32. The largest absolute Gasteiger partial charge is 0.309 e. The van der Waals surface area contributed by atoms with Crippen molar-refractivity contribution in [3.8, 4) is 22.3 Å². The molecule has 350 valence electrons. The van der Waals surface area contributed by atoms with Gasteiger partial charge in [0.25, 0.3) is 0 Å². The Bertz CT molecular complexity index is 5860. The number of aryl methyl sites for hydroxylation is 2. The van der Waals surface area contributed by atoms with E-state index in [1.807, 2.05) is 71.2 Å². The molecule has 0 amide bonds. The van der Waals surface area contributed by atoms with Crippen LogP contribution in [0.25, 0.3) is 98.4 Å². The molecular weight excluding hydrogens is 897 g/mol. The van der Waals surface area contributed by atoms with Crippen LogP contribution in [0.15, 0.2) is 242 Å². The summed E-state index contributed by atoms with van der Waals surface area (Å²) in [6.45, 7) is 3.86. The lowest BCUT2D eigenvalue weighted by Crippen LogP contribution is -2.11. The number of aromatic nitrogens is 2. The van der Waals surface area contributed by atoms with E-state index in [2.05, 4.69) is 0 Å². The van der Waals surface area contributed by atoms with Gasteiger partial charge in [0.2, 0.25) is 0 Å². The van der Waals surface area contributed by atoms with Crippen molar-refractivity contribution in [3.63, 3.8) is 0 Å². The number of benzene rings is 11. The molecule has 0 aliphatic heterocycles. The van der Waals surface area contributed by atoms with Crippen LogP contribution >= 0.6 is 0 Å². The maximum absolute atomic E-state index is 9.81. The van der Waals surface area contributed by atoms with Crippen LogP contribution in [0.4, 0.5) is 34.1 Å². The van der Waals surface area contributed by atoms with Gasteiger partial charge in [0, 0.05) is 65.6 Å². The molecule has 0 aliphatic carbocycles. The fourth-order valence-electron chi connectivity index (χ4n) is 11.0. The molecule has 4 aromatic heterocycles. The topological polar surface area (TPSA) is 15.3 Å². The Morgan fingerprint density at radius 3 is 1.12 bits per heavy atom. The molecular formula is C70H50N4. The minimum absolute atomic E-state index is 0.00679. The standard InChI is InChI=1S/C70H50N4/c1-3-45-33-37-61-57(41-45)67-63(71(49-25-13-7-14-26-49)59-31-19-17-29-51(59)47-21-9-5-10-22-47)39-35-53-55-44-66-56(43-65(55)73(61)69(53)67)54-36-40-64(68-58-42-46(4-2)34-38-62(58)74(66)70(54)68)72(50-27-15-8-16-28-50)60-32-20-18-30-52(60)48-23-11-6-12-24-48/h5-44H,3-4H2,1-2H3/i5D,6D,7D,8D,9D,10D,11D,12D,13D,14D,15D,16D,17D,18D,19D,20D,21D,22D,23D,24D,25D,26D,27D,28D,29D,30D,31D,32D. The predicted molar refractivity (Wildman–Crippen MR) is 315 cm³/mol. The number of fused-ring (bicyclic) bond motifs is 12. The molecule has 0 unspecified atom stereocenters. The van der Waals surface area contributed by atoms with E-state index in [-0.39, 0.29) is 11.4 Å². The Kier molecular flexibility index (Phi) is 5.16. The number of para-hydroxylation sites is 4. The Morgan fingerprint density at radius 2 is 0.716 bits per heavy atom. The lowest BCUT2D eigenvalue weighted by Gasteiger charge is -2.28. The van der Waals surface area contributed by atoms with E-state index in [0.29, 0.717) is 89.0 Å². The summed E-state index contributed by atoms with van der Waals surface area (Å²) < 4.78 is 260. The third kappa shape index (κ3) is 6.15. The van der Waals surface area contributed by atoms with E-state index in [4.69, 9.17) is 19.2 Å². The summed E-state index contributed by atoms with van der Waals surface area (Å²) in [5.41, 5.74) is -0.188. The van der Waals surface area contributed by atoms with Crippen LogP contribution in [0, 0.1) is 0 Å². The van der Waals surface area contributed by atoms with Gasteiger partial charge in [0.15, 0.2) is 0 Å². The molecule has 15 rings (SSSR count). The second-order valence-electron chi connectivity index (χ2n) is 17.7. The van der Waals surface area contributed by atoms with Crippen molar-refractivity contribution in [1.82, 2.24) is 8.80 Å². The van der Waals surface area contributed by atoms with Crippen LogP contribution in [0.2, 0.25) is 0 Å². The highest BCUT2D eigenvalue weighted by atomic mass is 15.2. The number of nitrogens with zero attached hydrogens (tertiary/aromatic N) is 4. The molecule has 0 saturated heterocycles. The van der Waals surface area contributed by atoms with Gasteiger partial charge >= 0.3 is 0 Å². The van der Waals surface area contributed by atoms with Crippen LogP contribution in [0.3, 0.4) is 0 Å². The molecule has 0 aliphatic rings. The molecule has 11 aromatic carbocycles. The first-order valence-electron chi connectivity index (χ1n) is 37.8. The molecule has 0 N–H and O–H groups in total. The zero-order valence-electron chi connectivity index (χ0n) is 67.1. The average Bonchev–Trinajstić information content (AvgIpc) is 1.49. The van der Waals surface area contributed by atoms with Crippen LogP contribution in [-0.4, -0.2) is 8.80 Å². The molecule has 4 heterocycles. The van der Waals surface area contributed by atoms with Crippen LogP contribution in [0.1, 0.15) is 63.4 Å². The van der Waals surface area contributed by atoms with Gasteiger partial charge in [-0.1, -0.05) is 171 Å². The van der Waals surface area contributed by atoms with Crippen molar-refractivity contribution < 1.29 is 38.4 Å². The molecule has 0 bridgehead atoms. The summed E-state index contributed by atoms with van der Waals surface area (Å²) in [7, 11) is 0. The maximum atomic E-state index is 9.81. The first kappa shape index (κ1) is 23.0. The van der Waals surface area contributed by atoms with E-state index < -0.39 is 214 Å². The maximum Gasteiger partial charge on any atom is 0.0645 e. The normalized spacial score (nSPS) is 17.3. The summed E-state index contributed by atoms with van der Waals surface area (Å²) in [5, 5.41) is 4.03. The minimum atomic E-state index is -0.867. The SMILES string of the molecule is [2H]c1c([2H])c([2H])c(-c2c([2H])c([2H])c([2H])c([2H])c2N(c2c([2H])c([2H])c([2H])c([2H])c2[2H])c2ccc3c4cc5c(cc4n4c6ccc(CC)cc6c2c34)c2ccc(N(c3c([2H])c([2H])c([2H])c([2H])c3[2H])c3c([2H])c([2H])c([2H])c([2H])c3-c3c([2H])c([2H])c([2H])c([2H])c3[2H])c3c4cc(CC)ccc4n5c23)c([2H])c1[2H]. The van der Waals surface area contributed by atoms with Crippen molar-refractivity contribution in [1.29, 1.82) is 0 Å². The smallest absolute Gasteiger partial charge is 0.0645 e. The van der Waals surface area contributed by atoms with Crippen LogP contribution in [-0.2, 0) is 12.8 Å². The minimum Gasteiger partial charge on any atom is -0.309 e. The lowest BCUT2D eigenvalue weighted by atomic mass is 9.99. The molecule has 4 nitrogen and oxygen atoms in total. The average molecular weight is 975 g/mol. The summed E-state index contributed by atoms with van der Waals surface area (Å²) in [5.74, 6) is 0. The third-order valence-electron chi connectivity index (χ3n) is 14.1. The lowest BCUT2D eigenvalue weighted by molar-refractivity contribution is 1.15. The highest BCUT2D eigenvalue weighted by Gasteiger charge is 2.29. The van der Waals surface area contributed by atoms with Gasteiger partial charge < -0.3 is 18.6 Å². The van der Waals surface area contributed by atoms with Crippen LogP contribution in [0.5, 0.6) is 0 Å². The van der Waals surface area contributed by atoms with Gasteiger partial charge in [-0.05, 0) is 120 Å². The monoisotopic (exact) mass is 975 g/mol. The molecule has 0 atom stereocenters. The Morgan fingerprint density at radius 1 is 0.338 bits per heavy atom. The first-order chi connectivity index (χ1) is 48.3. The summed E-state index contributed by atoms with van der Waals surface area (Å²) in [6.07, 6.45) is 0.989.